The minimum Gasteiger partial charge on any atom is -0.326 e. The normalized spacial score (nSPS) is 23.4. The molecule has 1 atom stereocenters. The topological polar surface area (TPSA) is 112 Å². The van der Waals surface area contributed by atoms with Crippen LogP contribution in [0.25, 0.3) is 0 Å². The monoisotopic (exact) mass is 363 g/mol. The molecular formula is C14H13N5O3S2. The average Bonchev–Trinajstić information content (AvgIpc) is 3.12. The molecule has 2 heterocycles. The van der Waals surface area contributed by atoms with Gasteiger partial charge in [0.1, 0.15) is 11.1 Å². The summed E-state index contributed by atoms with van der Waals surface area (Å²) in [5.74, 6) is 0.336. The van der Waals surface area contributed by atoms with Crippen LogP contribution in [0.3, 0.4) is 0 Å². The van der Waals surface area contributed by atoms with E-state index in [1.54, 1.807) is 12.1 Å². The quantitative estimate of drug-likeness (QED) is 0.700. The van der Waals surface area contributed by atoms with Crippen molar-refractivity contribution in [1.29, 1.82) is 0 Å². The second-order valence-electron chi connectivity index (χ2n) is 4.87. The molecule has 2 aliphatic heterocycles. The fraction of sp³-hybridized carbons (Fsp3) is 0.214. The molecule has 1 aromatic carbocycles. The number of para-hydroxylation sites is 1. The molecule has 24 heavy (non-hydrogen) atoms. The van der Waals surface area contributed by atoms with E-state index in [4.69, 9.17) is 0 Å². The van der Waals surface area contributed by atoms with Crippen molar-refractivity contribution >= 4 is 57.3 Å². The molecule has 3 N–H and O–H groups in total. The first-order valence-electron chi connectivity index (χ1n) is 7.01. The number of hydrogen-bond acceptors (Lipinski definition) is 7. The van der Waals surface area contributed by atoms with Gasteiger partial charge < -0.3 is 16.0 Å². The van der Waals surface area contributed by atoms with Gasteiger partial charge in [-0.1, -0.05) is 41.7 Å². The molecule has 2 aliphatic rings. The zero-order valence-electron chi connectivity index (χ0n) is 12.3. The van der Waals surface area contributed by atoms with Gasteiger partial charge in [0, 0.05) is 12.1 Å². The molecule has 0 bridgehead atoms. The Morgan fingerprint density at radius 1 is 1.21 bits per heavy atom. The number of carbonyl (C=O) groups is 3. The van der Waals surface area contributed by atoms with Crippen molar-refractivity contribution in [3.63, 3.8) is 0 Å². The molecule has 8 nitrogen and oxygen atoms in total. The summed E-state index contributed by atoms with van der Waals surface area (Å²) in [7, 11) is 0. The number of carbonyl (C=O) groups excluding carboxylic acids is 3. The Hall–Kier alpha value is -2.33. The van der Waals surface area contributed by atoms with Gasteiger partial charge in [-0.15, -0.1) is 10.2 Å². The summed E-state index contributed by atoms with van der Waals surface area (Å²) in [4.78, 5) is 34.9. The third-order valence-electron chi connectivity index (χ3n) is 3.05. The van der Waals surface area contributed by atoms with Crippen LogP contribution in [0.5, 0.6) is 0 Å². The summed E-state index contributed by atoms with van der Waals surface area (Å²) < 4.78 is 0. The van der Waals surface area contributed by atoms with Crippen molar-refractivity contribution in [2.45, 2.75) is 11.7 Å². The Kier molecular flexibility index (Phi) is 5.16. The Morgan fingerprint density at radius 3 is 2.71 bits per heavy atom. The number of rotatable bonds is 4. The third-order valence-corrected chi connectivity index (χ3v) is 4.91. The van der Waals surface area contributed by atoms with E-state index < -0.39 is 5.25 Å². The summed E-state index contributed by atoms with van der Waals surface area (Å²) >= 11 is 2.24. The molecule has 0 spiro atoms. The molecule has 0 radical (unpaired) electrons. The fourth-order valence-electron chi connectivity index (χ4n) is 1.97. The van der Waals surface area contributed by atoms with E-state index in [2.05, 4.69) is 26.2 Å². The molecule has 0 aliphatic carbocycles. The number of nitrogens with zero attached hydrogens (tertiary/aromatic N) is 2. The number of thioether (sulfide) groups is 2. The first-order valence-corrected chi connectivity index (χ1v) is 8.87. The Bertz CT molecular complexity index is 735. The van der Waals surface area contributed by atoms with E-state index in [1.807, 2.05) is 18.2 Å². The van der Waals surface area contributed by atoms with Crippen LogP contribution in [0, 0.1) is 0 Å². The van der Waals surface area contributed by atoms with E-state index in [0.717, 1.165) is 23.5 Å². The lowest BCUT2D eigenvalue weighted by molar-refractivity contribution is -0.122. The number of amides is 3. The van der Waals surface area contributed by atoms with Crippen molar-refractivity contribution in [2.75, 3.05) is 11.1 Å². The van der Waals surface area contributed by atoms with Gasteiger partial charge in [0.05, 0.1) is 5.75 Å². The molecular weight excluding hydrogens is 350 g/mol. The van der Waals surface area contributed by atoms with Crippen LogP contribution in [0.4, 0.5) is 10.5 Å². The Morgan fingerprint density at radius 2 is 2.00 bits per heavy atom. The standard InChI is InChI=1S/C14H13N5O3S2/c20-11(15-8-4-2-1-3-5-8)6-9-12(21)17-13(24-9)19-18-10-7-23-14(22)16-10/h1-5,9H,6-7H2,(H,15,20)(H,16,18,22)(H,17,19,21). The lowest BCUT2D eigenvalue weighted by atomic mass is 10.2. The minimum atomic E-state index is -0.555. The maximum atomic E-state index is 12.0. The molecule has 0 aromatic heterocycles. The van der Waals surface area contributed by atoms with Crippen molar-refractivity contribution in [3.05, 3.63) is 30.3 Å². The first kappa shape index (κ1) is 16.5. The predicted octanol–water partition coefficient (Wildman–Crippen LogP) is 1.37. The number of benzene rings is 1. The van der Waals surface area contributed by atoms with Crippen molar-refractivity contribution in [3.8, 4) is 0 Å². The van der Waals surface area contributed by atoms with Crippen LogP contribution in [0.2, 0.25) is 0 Å². The second kappa shape index (κ2) is 7.49. The zero-order valence-corrected chi connectivity index (χ0v) is 13.9. The highest BCUT2D eigenvalue weighted by molar-refractivity contribution is 8.15. The summed E-state index contributed by atoms with van der Waals surface area (Å²) in [6.07, 6.45) is 0.0353. The molecule has 2 saturated heterocycles. The number of nitrogens with one attached hydrogen (secondary N) is 3. The van der Waals surface area contributed by atoms with Gasteiger partial charge >= 0.3 is 0 Å². The second-order valence-corrected chi connectivity index (χ2v) is 7.01. The summed E-state index contributed by atoms with van der Waals surface area (Å²) in [5, 5.41) is 15.2. The molecule has 2 fully saturated rings. The van der Waals surface area contributed by atoms with Crippen LogP contribution >= 0.6 is 23.5 Å². The molecule has 0 saturated carbocycles. The van der Waals surface area contributed by atoms with Crippen LogP contribution in [-0.4, -0.2) is 39.1 Å². The van der Waals surface area contributed by atoms with Gasteiger partial charge in [0.25, 0.3) is 5.24 Å². The Balaban J connectivity index is 1.55. The van der Waals surface area contributed by atoms with E-state index in [-0.39, 0.29) is 23.5 Å². The zero-order chi connectivity index (χ0) is 16.9. The van der Waals surface area contributed by atoms with Gasteiger partial charge in [-0.25, -0.2) is 0 Å². The molecule has 10 heteroatoms. The SMILES string of the molecule is O=C(CC1S/C(=N/N=C2/CSC(=O)N2)NC1=O)Nc1ccccc1. The number of anilines is 1. The van der Waals surface area contributed by atoms with Gasteiger partial charge in [-0.05, 0) is 12.1 Å². The molecule has 1 aromatic rings. The van der Waals surface area contributed by atoms with E-state index in [0.29, 0.717) is 22.4 Å². The van der Waals surface area contributed by atoms with Crippen LogP contribution in [0.15, 0.2) is 40.5 Å². The smallest absolute Gasteiger partial charge is 0.284 e. The minimum absolute atomic E-state index is 0.0353. The van der Waals surface area contributed by atoms with Gasteiger partial charge in [-0.2, -0.15) is 0 Å². The molecule has 1 unspecified atom stereocenters. The largest absolute Gasteiger partial charge is 0.326 e. The molecule has 124 valence electrons. The predicted molar refractivity (Wildman–Crippen MR) is 95.1 cm³/mol. The van der Waals surface area contributed by atoms with Crippen molar-refractivity contribution < 1.29 is 14.4 Å². The van der Waals surface area contributed by atoms with Crippen LogP contribution in [-0.2, 0) is 9.59 Å². The maximum Gasteiger partial charge on any atom is 0.284 e. The summed E-state index contributed by atoms with van der Waals surface area (Å²) in [5.41, 5.74) is 0.681. The molecule has 3 rings (SSSR count). The van der Waals surface area contributed by atoms with Crippen molar-refractivity contribution in [2.24, 2.45) is 10.2 Å². The van der Waals surface area contributed by atoms with E-state index in [1.165, 1.54) is 0 Å². The van der Waals surface area contributed by atoms with E-state index in [9.17, 15) is 14.4 Å². The van der Waals surface area contributed by atoms with Gasteiger partial charge in [0.15, 0.2) is 5.17 Å². The fourth-order valence-corrected chi connectivity index (χ4v) is 3.48. The summed E-state index contributed by atoms with van der Waals surface area (Å²) in [6, 6.07) is 9.03. The van der Waals surface area contributed by atoms with Crippen molar-refractivity contribution in [1.82, 2.24) is 10.6 Å². The van der Waals surface area contributed by atoms with E-state index >= 15 is 0 Å². The number of hydrogen-bond donors (Lipinski definition) is 3. The van der Waals surface area contributed by atoms with Gasteiger partial charge in [0.2, 0.25) is 11.8 Å². The van der Waals surface area contributed by atoms with Crippen LogP contribution in [0.1, 0.15) is 6.42 Å². The highest BCUT2D eigenvalue weighted by atomic mass is 32.2. The average molecular weight is 363 g/mol. The highest BCUT2D eigenvalue weighted by Gasteiger charge is 2.32. The Labute approximate surface area is 145 Å². The lowest BCUT2D eigenvalue weighted by Crippen LogP contribution is -2.28. The maximum absolute atomic E-state index is 12.0. The number of amidine groups is 2. The first-order chi connectivity index (χ1) is 11.6. The van der Waals surface area contributed by atoms with Crippen LogP contribution < -0.4 is 16.0 Å². The highest BCUT2D eigenvalue weighted by Crippen LogP contribution is 2.23. The van der Waals surface area contributed by atoms with Gasteiger partial charge in [-0.3, -0.25) is 14.4 Å². The summed E-state index contributed by atoms with van der Waals surface area (Å²) in [6.45, 7) is 0. The lowest BCUT2D eigenvalue weighted by Gasteiger charge is -2.06. The third kappa shape index (κ3) is 4.36. The molecule has 3 amide bonds.